The van der Waals surface area contributed by atoms with E-state index in [0.29, 0.717) is 12.1 Å². The number of nitrogens with zero attached hydrogens (tertiary/aromatic N) is 1. The van der Waals surface area contributed by atoms with Crippen molar-refractivity contribution in [3.8, 4) is 0 Å². The molecule has 1 N–H and O–H groups in total. The number of nitrogens with one attached hydrogen (secondary N) is 1. The molecule has 2 nitrogen and oxygen atoms in total. The Balaban J connectivity index is 2.39. The predicted molar refractivity (Wildman–Crippen MR) is 71.8 cm³/mol. The maximum Gasteiger partial charge on any atom is 0.0220 e. The molecule has 1 fully saturated rings. The van der Waals surface area contributed by atoms with E-state index in [1.807, 2.05) is 0 Å². The average Bonchev–Trinajstić information content (AvgIpc) is 3.05. The molecule has 1 aliphatic rings. The molecular weight excluding hydrogens is 196 g/mol. The molecular formula is C14H30N2. The molecule has 2 unspecified atom stereocenters. The van der Waals surface area contributed by atoms with Crippen LogP contribution in [0.4, 0.5) is 0 Å². The summed E-state index contributed by atoms with van der Waals surface area (Å²) in [6.07, 6.45) is 5.49. The molecule has 0 heterocycles. The summed E-state index contributed by atoms with van der Waals surface area (Å²) in [6, 6.07) is 2.08. The maximum absolute atomic E-state index is 3.58. The van der Waals surface area contributed by atoms with Crippen molar-refractivity contribution in [2.75, 3.05) is 13.6 Å². The molecule has 0 amide bonds. The van der Waals surface area contributed by atoms with Crippen LogP contribution in [-0.4, -0.2) is 36.6 Å². The normalized spacial score (nSPS) is 20.4. The lowest BCUT2D eigenvalue weighted by atomic mass is 10.1. The highest BCUT2D eigenvalue weighted by molar-refractivity contribution is 4.87. The van der Waals surface area contributed by atoms with E-state index >= 15 is 0 Å². The van der Waals surface area contributed by atoms with E-state index < -0.39 is 0 Å². The van der Waals surface area contributed by atoms with Crippen molar-refractivity contribution in [3.63, 3.8) is 0 Å². The Morgan fingerprint density at radius 2 is 1.88 bits per heavy atom. The van der Waals surface area contributed by atoms with Gasteiger partial charge in [-0.2, -0.15) is 0 Å². The zero-order chi connectivity index (χ0) is 12.1. The van der Waals surface area contributed by atoms with Crippen LogP contribution in [0, 0.1) is 5.92 Å². The van der Waals surface area contributed by atoms with Crippen molar-refractivity contribution in [3.05, 3.63) is 0 Å². The van der Waals surface area contributed by atoms with E-state index in [-0.39, 0.29) is 0 Å². The van der Waals surface area contributed by atoms with Crippen molar-refractivity contribution < 1.29 is 0 Å². The molecule has 1 saturated carbocycles. The Morgan fingerprint density at radius 3 is 2.31 bits per heavy atom. The van der Waals surface area contributed by atoms with Crippen LogP contribution in [0.2, 0.25) is 0 Å². The van der Waals surface area contributed by atoms with Gasteiger partial charge < -0.3 is 5.32 Å². The van der Waals surface area contributed by atoms with Crippen LogP contribution < -0.4 is 5.32 Å². The van der Waals surface area contributed by atoms with Gasteiger partial charge in [-0.1, -0.05) is 27.2 Å². The zero-order valence-electron chi connectivity index (χ0n) is 11.8. The molecule has 0 aromatic heterocycles. The molecule has 16 heavy (non-hydrogen) atoms. The summed E-state index contributed by atoms with van der Waals surface area (Å²) in [7, 11) is 2.31. The largest absolute Gasteiger partial charge is 0.313 e. The summed E-state index contributed by atoms with van der Waals surface area (Å²) >= 11 is 0. The summed E-state index contributed by atoms with van der Waals surface area (Å²) < 4.78 is 0. The Kier molecular flexibility index (Phi) is 5.77. The van der Waals surface area contributed by atoms with Crippen LogP contribution in [0.25, 0.3) is 0 Å². The van der Waals surface area contributed by atoms with E-state index in [9.17, 15) is 0 Å². The maximum atomic E-state index is 3.58. The Labute approximate surface area is 102 Å². The zero-order valence-corrected chi connectivity index (χ0v) is 11.8. The number of likely N-dealkylation sites (N-methyl/N-ethyl adjacent to an activating group) is 1. The van der Waals surface area contributed by atoms with Gasteiger partial charge in [-0.25, -0.2) is 0 Å². The molecule has 0 bridgehead atoms. The minimum Gasteiger partial charge on any atom is -0.313 e. The van der Waals surface area contributed by atoms with Crippen molar-refractivity contribution >= 4 is 0 Å². The summed E-state index contributed by atoms with van der Waals surface area (Å²) in [5, 5.41) is 3.58. The predicted octanol–water partition coefficient (Wildman–Crippen LogP) is 2.88. The fraction of sp³-hybridized carbons (Fsp3) is 1.00. The average molecular weight is 226 g/mol. The van der Waals surface area contributed by atoms with Crippen LogP contribution in [0.5, 0.6) is 0 Å². The van der Waals surface area contributed by atoms with E-state index in [4.69, 9.17) is 0 Å². The monoisotopic (exact) mass is 226 g/mol. The molecule has 0 aromatic carbocycles. The highest BCUT2D eigenvalue weighted by Gasteiger charge is 2.32. The van der Waals surface area contributed by atoms with Gasteiger partial charge in [0, 0.05) is 24.7 Å². The third-order valence-electron chi connectivity index (χ3n) is 3.91. The molecule has 0 radical (unpaired) electrons. The van der Waals surface area contributed by atoms with Gasteiger partial charge in [-0.05, 0) is 39.2 Å². The lowest BCUT2D eigenvalue weighted by Gasteiger charge is -2.34. The molecule has 0 spiro atoms. The molecule has 0 aliphatic heterocycles. The van der Waals surface area contributed by atoms with Gasteiger partial charge in [0.05, 0.1) is 0 Å². The van der Waals surface area contributed by atoms with Gasteiger partial charge in [-0.3, -0.25) is 4.90 Å². The van der Waals surface area contributed by atoms with Crippen LogP contribution in [-0.2, 0) is 0 Å². The Hall–Kier alpha value is -0.0800. The SMILES string of the molecule is CCCC(CNC(C)C)N(C)C(C)C1CC1. The first-order chi connectivity index (χ1) is 7.56. The summed E-state index contributed by atoms with van der Waals surface area (Å²) in [6.45, 7) is 10.3. The third-order valence-corrected chi connectivity index (χ3v) is 3.91. The summed E-state index contributed by atoms with van der Waals surface area (Å²) in [5.74, 6) is 0.975. The molecule has 0 aromatic rings. The van der Waals surface area contributed by atoms with Crippen molar-refractivity contribution in [1.82, 2.24) is 10.2 Å². The minimum absolute atomic E-state index is 0.601. The first kappa shape index (κ1) is 14.0. The van der Waals surface area contributed by atoms with E-state index in [1.54, 1.807) is 0 Å². The molecule has 2 heteroatoms. The third kappa shape index (κ3) is 4.42. The van der Waals surface area contributed by atoms with Crippen LogP contribution in [0.1, 0.15) is 53.4 Å². The van der Waals surface area contributed by atoms with Crippen molar-refractivity contribution in [2.45, 2.75) is 71.5 Å². The van der Waals surface area contributed by atoms with Crippen LogP contribution >= 0.6 is 0 Å². The quantitative estimate of drug-likeness (QED) is 0.684. The Bertz CT molecular complexity index is 187. The van der Waals surface area contributed by atoms with Gasteiger partial charge in [0.2, 0.25) is 0 Å². The first-order valence-corrected chi connectivity index (χ1v) is 7.01. The van der Waals surface area contributed by atoms with Gasteiger partial charge >= 0.3 is 0 Å². The molecule has 0 saturated heterocycles. The number of rotatable bonds is 8. The van der Waals surface area contributed by atoms with Crippen LogP contribution in [0.3, 0.4) is 0 Å². The van der Waals surface area contributed by atoms with Crippen molar-refractivity contribution in [1.29, 1.82) is 0 Å². The standard InChI is InChI=1S/C14H30N2/c1-6-7-14(10-15-11(2)3)16(5)12(4)13-8-9-13/h11-15H,6-10H2,1-5H3. The molecule has 1 aliphatic carbocycles. The highest BCUT2D eigenvalue weighted by atomic mass is 15.2. The van der Waals surface area contributed by atoms with Gasteiger partial charge in [0.15, 0.2) is 0 Å². The fourth-order valence-corrected chi connectivity index (χ4v) is 2.40. The van der Waals surface area contributed by atoms with E-state index in [0.717, 1.165) is 18.5 Å². The lowest BCUT2D eigenvalue weighted by Crippen LogP contribution is -2.46. The molecule has 96 valence electrons. The summed E-state index contributed by atoms with van der Waals surface area (Å²) in [5.41, 5.74) is 0. The van der Waals surface area contributed by atoms with Gasteiger partial charge in [-0.15, -0.1) is 0 Å². The van der Waals surface area contributed by atoms with Crippen LogP contribution in [0.15, 0.2) is 0 Å². The first-order valence-electron chi connectivity index (χ1n) is 7.01. The van der Waals surface area contributed by atoms with Gasteiger partial charge in [0.1, 0.15) is 0 Å². The second kappa shape index (κ2) is 6.61. The number of hydrogen-bond donors (Lipinski definition) is 1. The summed E-state index contributed by atoms with van der Waals surface area (Å²) in [4.78, 5) is 2.61. The second-order valence-electron chi connectivity index (χ2n) is 5.75. The van der Waals surface area contributed by atoms with E-state index in [1.165, 1.54) is 25.7 Å². The molecule has 1 rings (SSSR count). The minimum atomic E-state index is 0.601. The fourth-order valence-electron chi connectivity index (χ4n) is 2.40. The smallest absolute Gasteiger partial charge is 0.0220 e. The lowest BCUT2D eigenvalue weighted by molar-refractivity contribution is 0.153. The highest BCUT2D eigenvalue weighted by Crippen LogP contribution is 2.35. The topological polar surface area (TPSA) is 15.3 Å². The van der Waals surface area contributed by atoms with Gasteiger partial charge in [0.25, 0.3) is 0 Å². The molecule has 2 atom stereocenters. The second-order valence-corrected chi connectivity index (χ2v) is 5.75. The van der Waals surface area contributed by atoms with Crippen molar-refractivity contribution in [2.24, 2.45) is 5.92 Å². The Morgan fingerprint density at radius 1 is 1.25 bits per heavy atom. The number of hydrogen-bond acceptors (Lipinski definition) is 2. The van der Waals surface area contributed by atoms with E-state index in [2.05, 4.69) is 45.0 Å².